The first-order chi connectivity index (χ1) is 10.9. The number of β-amino-alcohol motifs (C(OH)–C–C–N with tert-alkyl or cyclic N) is 1. The van der Waals surface area contributed by atoms with E-state index in [0.717, 1.165) is 45.2 Å². The van der Waals surface area contributed by atoms with Crippen molar-refractivity contribution in [2.45, 2.75) is 56.8 Å². The van der Waals surface area contributed by atoms with Gasteiger partial charge in [0.1, 0.15) is 0 Å². The lowest BCUT2D eigenvalue weighted by Crippen LogP contribution is -2.50. The van der Waals surface area contributed by atoms with Gasteiger partial charge in [-0.05, 0) is 19.3 Å². The van der Waals surface area contributed by atoms with Crippen molar-refractivity contribution in [3.05, 3.63) is 0 Å². The van der Waals surface area contributed by atoms with Crippen LogP contribution >= 0.6 is 0 Å². The highest BCUT2D eigenvalue weighted by Gasteiger charge is 2.30. The molecule has 0 unspecified atom stereocenters. The summed E-state index contributed by atoms with van der Waals surface area (Å²) in [6.07, 6.45) is 4.03. The zero-order valence-electron chi connectivity index (χ0n) is 14.1. The molecule has 0 aromatic carbocycles. The third-order valence-electron chi connectivity index (χ3n) is 5.08. The van der Waals surface area contributed by atoms with Crippen LogP contribution in [-0.2, 0) is 14.6 Å². The SMILES string of the molecule is CC[C@H](O)CN1CCN(C(=O)CCS(=O)(=O)C2CCCC2)CC1. The van der Waals surface area contributed by atoms with E-state index in [0.29, 0.717) is 19.6 Å². The normalized spacial score (nSPS) is 22.4. The minimum Gasteiger partial charge on any atom is -0.392 e. The van der Waals surface area contributed by atoms with Gasteiger partial charge >= 0.3 is 0 Å². The lowest BCUT2D eigenvalue weighted by molar-refractivity contribution is -0.132. The Hall–Kier alpha value is -0.660. The van der Waals surface area contributed by atoms with E-state index in [9.17, 15) is 18.3 Å². The number of hydrogen-bond donors (Lipinski definition) is 1. The highest BCUT2D eigenvalue weighted by atomic mass is 32.2. The third kappa shape index (κ3) is 5.43. The molecule has 0 bridgehead atoms. The third-order valence-corrected chi connectivity index (χ3v) is 7.34. The highest BCUT2D eigenvalue weighted by Crippen LogP contribution is 2.25. The van der Waals surface area contributed by atoms with Gasteiger partial charge in [0.05, 0.1) is 17.1 Å². The first-order valence-electron chi connectivity index (χ1n) is 8.82. The first-order valence-corrected chi connectivity index (χ1v) is 10.5. The molecule has 1 heterocycles. The van der Waals surface area contributed by atoms with Crippen LogP contribution in [0.3, 0.4) is 0 Å². The van der Waals surface area contributed by atoms with Crippen LogP contribution in [-0.4, -0.2) is 79.1 Å². The average molecular weight is 346 g/mol. The molecule has 1 saturated carbocycles. The standard InChI is InChI=1S/C16H30N2O4S/c1-2-14(19)13-17-8-10-18(11-9-17)16(20)7-12-23(21,22)15-5-3-4-6-15/h14-15,19H,2-13H2,1H3/t14-/m0/s1. The van der Waals surface area contributed by atoms with Gasteiger partial charge in [-0.1, -0.05) is 19.8 Å². The van der Waals surface area contributed by atoms with Crippen LogP contribution < -0.4 is 0 Å². The van der Waals surface area contributed by atoms with E-state index < -0.39 is 9.84 Å². The van der Waals surface area contributed by atoms with Gasteiger partial charge in [-0.2, -0.15) is 0 Å². The van der Waals surface area contributed by atoms with Crippen LogP contribution in [0.15, 0.2) is 0 Å². The zero-order valence-corrected chi connectivity index (χ0v) is 14.9. The van der Waals surface area contributed by atoms with Crippen molar-refractivity contribution in [3.63, 3.8) is 0 Å². The Labute approximate surface area is 139 Å². The summed E-state index contributed by atoms with van der Waals surface area (Å²) >= 11 is 0. The van der Waals surface area contributed by atoms with Gasteiger partial charge in [0, 0.05) is 39.1 Å². The molecule has 0 radical (unpaired) electrons. The van der Waals surface area contributed by atoms with E-state index in [1.165, 1.54) is 0 Å². The summed E-state index contributed by atoms with van der Waals surface area (Å²) in [4.78, 5) is 16.2. The molecule has 1 saturated heterocycles. The molecule has 1 atom stereocenters. The minimum absolute atomic E-state index is 0.00867. The second kappa shape index (κ2) is 8.44. The molecule has 1 aliphatic heterocycles. The molecular weight excluding hydrogens is 316 g/mol. The number of amides is 1. The maximum Gasteiger partial charge on any atom is 0.223 e. The van der Waals surface area contributed by atoms with Crippen LogP contribution in [0, 0.1) is 0 Å². The van der Waals surface area contributed by atoms with Crippen molar-refractivity contribution < 1.29 is 18.3 Å². The molecule has 6 nitrogen and oxygen atoms in total. The molecule has 1 aliphatic carbocycles. The Bertz CT molecular complexity index is 480. The summed E-state index contributed by atoms with van der Waals surface area (Å²) in [5.41, 5.74) is 0. The van der Waals surface area contributed by atoms with Crippen molar-refractivity contribution in [3.8, 4) is 0 Å². The second-order valence-corrected chi connectivity index (χ2v) is 9.17. The Kier molecular flexibility index (Phi) is 6.85. The van der Waals surface area contributed by atoms with Gasteiger partial charge in [-0.15, -0.1) is 0 Å². The van der Waals surface area contributed by atoms with Crippen molar-refractivity contribution >= 4 is 15.7 Å². The van der Waals surface area contributed by atoms with Gasteiger partial charge in [-0.25, -0.2) is 8.42 Å². The fourth-order valence-corrected chi connectivity index (χ4v) is 5.25. The number of hydrogen-bond acceptors (Lipinski definition) is 5. The van der Waals surface area contributed by atoms with E-state index in [2.05, 4.69) is 4.90 Å². The summed E-state index contributed by atoms with van der Waals surface area (Å²) in [5.74, 6) is -0.0621. The predicted molar refractivity (Wildman–Crippen MR) is 90.0 cm³/mol. The van der Waals surface area contributed by atoms with E-state index in [4.69, 9.17) is 0 Å². The molecule has 0 aromatic heterocycles. The summed E-state index contributed by atoms with van der Waals surface area (Å²) in [5, 5.41) is 9.45. The Balaban J connectivity index is 1.72. The van der Waals surface area contributed by atoms with Gasteiger partial charge in [0.25, 0.3) is 0 Å². The molecule has 0 spiro atoms. The number of aliphatic hydroxyl groups excluding tert-OH is 1. The zero-order chi connectivity index (χ0) is 16.9. The summed E-state index contributed by atoms with van der Waals surface area (Å²) < 4.78 is 24.4. The van der Waals surface area contributed by atoms with Crippen LogP contribution in [0.25, 0.3) is 0 Å². The van der Waals surface area contributed by atoms with Gasteiger partial charge in [-0.3, -0.25) is 9.69 Å². The summed E-state index contributed by atoms with van der Waals surface area (Å²) in [6, 6.07) is 0. The quantitative estimate of drug-likeness (QED) is 0.732. The molecule has 134 valence electrons. The molecule has 7 heteroatoms. The Morgan fingerprint density at radius 3 is 2.35 bits per heavy atom. The number of sulfone groups is 1. The number of nitrogens with zero attached hydrogens (tertiary/aromatic N) is 2. The fraction of sp³-hybridized carbons (Fsp3) is 0.938. The van der Waals surface area contributed by atoms with Crippen molar-refractivity contribution in [2.75, 3.05) is 38.5 Å². The van der Waals surface area contributed by atoms with Crippen molar-refractivity contribution in [1.82, 2.24) is 9.80 Å². The van der Waals surface area contributed by atoms with Crippen LogP contribution in [0.2, 0.25) is 0 Å². The molecule has 2 fully saturated rings. The predicted octanol–water partition coefficient (Wildman–Crippen LogP) is 0.649. The Morgan fingerprint density at radius 1 is 1.17 bits per heavy atom. The smallest absolute Gasteiger partial charge is 0.223 e. The van der Waals surface area contributed by atoms with E-state index in [1.54, 1.807) is 4.90 Å². The molecule has 2 rings (SSSR count). The lowest BCUT2D eigenvalue weighted by Gasteiger charge is -2.35. The average Bonchev–Trinajstić information content (AvgIpc) is 3.08. The minimum atomic E-state index is -3.11. The maximum atomic E-state index is 12.2. The summed E-state index contributed by atoms with van der Waals surface area (Å²) in [6.45, 7) is 5.34. The van der Waals surface area contributed by atoms with Gasteiger partial charge < -0.3 is 10.0 Å². The molecule has 2 aliphatic rings. The number of carbonyl (C=O) groups excluding carboxylic acids is 1. The lowest BCUT2D eigenvalue weighted by atomic mass is 10.2. The van der Waals surface area contributed by atoms with Crippen molar-refractivity contribution in [1.29, 1.82) is 0 Å². The summed E-state index contributed by atoms with van der Waals surface area (Å²) in [7, 11) is -3.11. The number of piperazine rings is 1. The van der Waals surface area contributed by atoms with E-state index in [-0.39, 0.29) is 29.4 Å². The topological polar surface area (TPSA) is 77.9 Å². The second-order valence-electron chi connectivity index (χ2n) is 6.77. The first kappa shape index (κ1) is 18.7. The molecule has 0 aromatic rings. The molecular formula is C16H30N2O4S. The molecule has 23 heavy (non-hydrogen) atoms. The number of carbonyl (C=O) groups is 1. The fourth-order valence-electron chi connectivity index (χ4n) is 3.41. The van der Waals surface area contributed by atoms with Crippen LogP contribution in [0.1, 0.15) is 45.4 Å². The van der Waals surface area contributed by atoms with E-state index in [1.807, 2.05) is 6.92 Å². The monoisotopic (exact) mass is 346 g/mol. The van der Waals surface area contributed by atoms with Crippen LogP contribution in [0.5, 0.6) is 0 Å². The van der Waals surface area contributed by atoms with Crippen molar-refractivity contribution in [2.24, 2.45) is 0 Å². The largest absolute Gasteiger partial charge is 0.392 e. The van der Waals surface area contributed by atoms with E-state index >= 15 is 0 Å². The Morgan fingerprint density at radius 2 is 1.78 bits per heavy atom. The number of rotatable bonds is 7. The van der Waals surface area contributed by atoms with Crippen LogP contribution in [0.4, 0.5) is 0 Å². The maximum absolute atomic E-state index is 12.2. The van der Waals surface area contributed by atoms with Gasteiger partial charge in [0.15, 0.2) is 9.84 Å². The molecule has 1 N–H and O–H groups in total. The van der Waals surface area contributed by atoms with Gasteiger partial charge in [0.2, 0.25) is 5.91 Å². The molecule has 1 amide bonds. The highest BCUT2D eigenvalue weighted by molar-refractivity contribution is 7.92. The number of aliphatic hydroxyl groups is 1.